The van der Waals surface area contributed by atoms with Crippen molar-refractivity contribution < 1.29 is 14.6 Å². The van der Waals surface area contributed by atoms with E-state index in [0.29, 0.717) is 6.04 Å². The predicted molar refractivity (Wildman–Crippen MR) is 68.8 cm³/mol. The second-order valence-corrected chi connectivity index (χ2v) is 5.70. The normalized spacial score (nSPS) is 25.5. The van der Waals surface area contributed by atoms with Crippen molar-refractivity contribution in [3.8, 4) is 0 Å². The first kappa shape index (κ1) is 12.1. The van der Waals surface area contributed by atoms with Crippen molar-refractivity contribution in [3.05, 3.63) is 35.1 Å². The van der Waals surface area contributed by atoms with E-state index in [-0.39, 0.29) is 5.82 Å². The zero-order valence-electron chi connectivity index (χ0n) is 10.9. The zero-order valence-corrected chi connectivity index (χ0v) is 10.9. The smallest absolute Gasteiger partial charge is 0.163 e. The molecule has 0 amide bonds. The number of hydrogen-bond acceptors (Lipinski definition) is 0. The van der Waals surface area contributed by atoms with Crippen molar-refractivity contribution in [3.63, 3.8) is 0 Å². The first-order valence-electron chi connectivity index (χ1n) is 7.29. The van der Waals surface area contributed by atoms with Gasteiger partial charge in [-0.15, -0.1) is 0 Å². The van der Waals surface area contributed by atoms with Crippen LogP contribution in [0.3, 0.4) is 0 Å². The Labute approximate surface area is 108 Å². The molecule has 3 rings (SSSR count). The van der Waals surface area contributed by atoms with Gasteiger partial charge < -0.3 is 10.2 Å². The summed E-state index contributed by atoms with van der Waals surface area (Å²) in [6, 6.07) is 5.97. The number of quaternary nitrogens is 2. The van der Waals surface area contributed by atoms with Crippen molar-refractivity contribution >= 4 is 0 Å². The molecule has 18 heavy (non-hydrogen) atoms. The Morgan fingerprint density at radius 1 is 1.11 bits per heavy atom. The Hall–Kier alpha value is -0.930. The zero-order chi connectivity index (χ0) is 12.4. The minimum absolute atomic E-state index is 0.0892. The van der Waals surface area contributed by atoms with E-state index in [1.807, 2.05) is 6.07 Å². The van der Waals surface area contributed by atoms with Crippen molar-refractivity contribution in [1.29, 1.82) is 0 Å². The summed E-state index contributed by atoms with van der Waals surface area (Å²) in [5, 5.41) is 2.34. The van der Waals surface area contributed by atoms with E-state index in [4.69, 9.17) is 0 Å². The van der Waals surface area contributed by atoms with Crippen LogP contribution in [0.5, 0.6) is 0 Å². The highest BCUT2D eigenvalue weighted by atomic mass is 19.1. The molecule has 0 unspecified atom stereocenters. The molecule has 0 aliphatic carbocycles. The average molecular weight is 250 g/mol. The number of hydrogen-bond donors (Lipinski definition) is 2. The number of halogens is 1. The monoisotopic (exact) mass is 250 g/mol. The Morgan fingerprint density at radius 3 is 2.67 bits per heavy atom. The van der Waals surface area contributed by atoms with Gasteiger partial charge >= 0.3 is 0 Å². The molecule has 2 nitrogen and oxygen atoms in total. The van der Waals surface area contributed by atoms with Gasteiger partial charge in [0.15, 0.2) is 6.04 Å². The maximum absolute atomic E-state index is 13.3. The lowest BCUT2D eigenvalue weighted by Gasteiger charge is -2.30. The molecule has 2 heterocycles. The summed E-state index contributed by atoms with van der Waals surface area (Å²) in [7, 11) is 0. The van der Waals surface area contributed by atoms with Gasteiger partial charge in [-0.25, -0.2) is 4.39 Å². The van der Waals surface area contributed by atoms with Crippen LogP contribution in [0.1, 0.15) is 42.9 Å². The van der Waals surface area contributed by atoms with Crippen LogP contribution in [-0.4, -0.2) is 19.6 Å². The van der Waals surface area contributed by atoms with E-state index in [1.165, 1.54) is 49.9 Å². The van der Waals surface area contributed by atoms with Gasteiger partial charge in [-0.2, -0.15) is 0 Å². The second kappa shape index (κ2) is 5.37. The van der Waals surface area contributed by atoms with Crippen LogP contribution in [0, 0.1) is 5.82 Å². The lowest BCUT2D eigenvalue weighted by atomic mass is 9.95. The highest BCUT2D eigenvalue weighted by Crippen LogP contribution is 2.19. The van der Waals surface area contributed by atoms with Gasteiger partial charge in [0.05, 0.1) is 13.1 Å². The summed E-state index contributed by atoms with van der Waals surface area (Å²) in [4.78, 5) is 1.72. The number of nitrogens with two attached hydrogens (primary N) is 1. The molecule has 2 aliphatic rings. The number of benzene rings is 1. The van der Waals surface area contributed by atoms with Crippen LogP contribution in [0.4, 0.5) is 4.39 Å². The summed E-state index contributed by atoms with van der Waals surface area (Å²) in [5.74, 6) is -0.0892. The SMILES string of the molecule is Fc1ccc2c(c1)C[NH2+]C[C@H]2[NH+]1CCCCCC1. The van der Waals surface area contributed by atoms with E-state index in [9.17, 15) is 4.39 Å². The fourth-order valence-electron chi connectivity index (χ4n) is 3.54. The van der Waals surface area contributed by atoms with E-state index in [1.54, 1.807) is 17.0 Å². The van der Waals surface area contributed by atoms with Crippen molar-refractivity contribution in [1.82, 2.24) is 0 Å². The molecule has 0 spiro atoms. The van der Waals surface area contributed by atoms with Gasteiger partial charge in [0, 0.05) is 11.1 Å². The van der Waals surface area contributed by atoms with Crippen LogP contribution in [0.15, 0.2) is 18.2 Å². The van der Waals surface area contributed by atoms with E-state index in [0.717, 1.165) is 13.1 Å². The molecule has 3 heteroatoms. The Kier molecular flexibility index (Phi) is 3.62. The van der Waals surface area contributed by atoms with Gasteiger partial charge in [-0.05, 0) is 43.9 Å². The molecule has 0 bridgehead atoms. The third-order valence-electron chi connectivity index (χ3n) is 4.49. The molecular weight excluding hydrogens is 227 g/mol. The first-order valence-corrected chi connectivity index (χ1v) is 7.29. The summed E-state index contributed by atoms with van der Waals surface area (Å²) in [5.41, 5.74) is 2.61. The van der Waals surface area contributed by atoms with Gasteiger partial charge in [0.2, 0.25) is 0 Å². The number of fused-ring (bicyclic) bond motifs is 1. The summed E-state index contributed by atoms with van der Waals surface area (Å²) in [6.45, 7) is 4.68. The van der Waals surface area contributed by atoms with Crippen LogP contribution in [0.2, 0.25) is 0 Å². The number of nitrogens with one attached hydrogen (secondary N) is 1. The molecule has 0 aromatic heterocycles. The van der Waals surface area contributed by atoms with E-state index < -0.39 is 0 Å². The van der Waals surface area contributed by atoms with Crippen LogP contribution in [-0.2, 0) is 6.54 Å². The summed E-state index contributed by atoms with van der Waals surface area (Å²) >= 11 is 0. The minimum Gasteiger partial charge on any atom is -0.337 e. The lowest BCUT2D eigenvalue weighted by molar-refractivity contribution is -0.947. The van der Waals surface area contributed by atoms with Crippen LogP contribution in [0.25, 0.3) is 0 Å². The Balaban J connectivity index is 1.85. The number of rotatable bonds is 1. The molecular formula is C15H23FN2+2. The van der Waals surface area contributed by atoms with Gasteiger partial charge in [-0.3, -0.25) is 0 Å². The highest BCUT2D eigenvalue weighted by molar-refractivity contribution is 5.30. The molecule has 98 valence electrons. The topological polar surface area (TPSA) is 21.1 Å². The average Bonchev–Trinajstić information content (AvgIpc) is 2.66. The molecule has 1 fully saturated rings. The fraction of sp³-hybridized carbons (Fsp3) is 0.600. The predicted octanol–water partition coefficient (Wildman–Crippen LogP) is 0.403. The van der Waals surface area contributed by atoms with Gasteiger partial charge in [0.1, 0.15) is 18.9 Å². The maximum Gasteiger partial charge on any atom is 0.163 e. The maximum atomic E-state index is 13.3. The summed E-state index contributed by atoms with van der Waals surface area (Å²) in [6.07, 6.45) is 5.47. The quantitative estimate of drug-likeness (QED) is 0.720. The van der Waals surface area contributed by atoms with Crippen LogP contribution >= 0.6 is 0 Å². The third kappa shape index (κ3) is 2.43. The molecule has 3 N–H and O–H groups in total. The van der Waals surface area contributed by atoms with Gasteiger partial charge in [0.25, 0.3) is 0 Å². The first-order chi connectivity index (χ1) is 8.84. The van der Waals surface area contributed by atoms with Crippen LogP contribution < -0.4 is 10.2 Å². The molecule has 2 aliphatic heterocycles. The fourth-order valence-corrected chi connectivity index (χ4v) is 3.54. The largest absolute Gasteiger partial charge is 0.337 e. The van der Waals surface area contributed by atoms with Crippen molar-refractivity contribution in [2.75, 3.05) is 19.6 Å². The third-order valence-corrected chi connectivity index (χ3v) is 4.49. The molecule has 1 aromatic rings. The molecule has 1 atom stereocenters. The molecule has 0 radical (unpaired) electrons. The Bertz CT molecular complexity index is 411. The van der Waals surface area contributed by atoms with E-state index in [2.05, 4.69) is 5.32 Å². The molecule has 1 saturated heterocycles. The lowest BCUT2D eigenvalue weighted by Crippen LogP contribution is -3.15. The highest BCUT2D eigenvalue weighted by Gasteiger charge is 2.31. The summed E-state index contributed by atoms with van der Waals surface area (Å²) < 4.78 is 13.3. The molecule has 1 aromatic carbocycles. The van der Waals surface area contributed by atoms with Crippen molar-refractivity contribution in [2.45, 2.75) is 38.3 Å². The second-order valence-electron chi connectivity index (χ2n) is 5.70. The molecule has 0 saturated carbocycles. The van der Waals surface area contributed by atoms with E-state index >= 15 is 0 Å². The Morgan fingerprint density at radius 2 is 1.89 bits per heavy atom. The number of likely N-dealkylation sites (tertiary alicyclic amines) is 1. The minimum atomic E-state index is -0.0892. The van der Waals surface area contributed by atoms with Crippen molar-refractivity contribution in [2.24, 2.45) is 0 Å². The van der Waals surface area contributed by atoms with Gasteiger partial charge in [-0.1, -0.05) is 0 Å². The standard InChI is InChI=1S/C15H21FN2/c16-13-5-6-14-12(9-13)10-17-11-15(14)18-7-3-1-2-4-8-18/h5-6,9,15,17H,1-4,7-8,10-11H2/p+2/t15-/m1/s1.